The Morgan fingerprint density at radius 2 is 1.50 bits per heavy atom. The van der Waals surface area contributed by atoms with Crippen molar-refractivity contribution in [2.75, 3.05) is 7.11 Å². The first kappa shape index (κ1) is 20.6. The molecule has 2 heterocycles. The summed E-state index contributed by atoms with van der Waals surface area (Å²) in [6, 6.07) is 13.2. The van der Waals surface area contributed by atoms with Crippen molar-refractivity contribution in [2.24, 2.45) is 0 Å². The standard InChI is InChI=1S/C23H14F6OS2/c1-19-16(12-8-4-6-10-14(12)32-19)17-15(11-7-3-5-9-13(11)31-17)18-20(19,30-2)22(26,27)23(28,29)21(18,24)25/h3-10H,1-2H3/t19-,20+/m1/s1. The molecule has 0 saturated heterocycles. The number of fused-ring (bicyclic) bond motifs is 8. The Kier molecular flexibility index (Phi) is 3.70. The van der Waals surface area contributed by atoms with Crippen LogP contribution in [0.5, 0.6) is 0 Å². The highest BCUT2D eigenvalue weighted by molar-refractivity contribution is 8.01. The van der Waals surface area contributed by atoms with Crippen molar-refractivity contribution in [3.8, 4) is 0 Å². The van der Waals surface area contributed by atoms with E-state index in [-0.39, 0.29) is 10.6 Å². The lowest BCUT2D eigenvalue weighted by Gasteiger charge is -2.48. The van der Waals surface area contributed by atoms with E-state index in [1.54, 1.807) is 42.5 Å². The Hall–Kier alpha value is -1.97. The second-order valence-electron chi connectivity index (χ2n) is 8.29. The van der Waals surface area contributed by atoms with Gasteiger partial charge < -0.3 is 4.74 Å². The molecule has 2 aromatic carbocycles. The van der Waals surface area contributed by atoms with E-state index in [9.17, 15) is 8.78 Å². The van der Waals surface area contributed by atoms with E-state index in [1.165, 1.54) is 13.0 Å². The van der Waals surface area contributed by atoms with Crippen molar-refractivity contribution in [3.05, 3.63) is 63.8 Å². The van der Waals surface area contributed by atoms with Crippen molar-refractivity contribution < 1.29 is 31.1 Å². The molecule has 0 unspecified atom stereocenters. The fourth-order valence-corrected chi connectivity index (χ4v) is 8.68. The molecule has 1 aliphatic heterocycles. The molecular weight excluding hydrogens is 470 g/mol. The van der Waals surface area contributed by atoms with Gasteiger partial charge in [-0.15, -0.1) is 23.1 Å². The summed E-state index contributed by atoms with van der Waals surface area (Å²) in [5.74, 6) is -15.9. The molecule has 1 nitrogen and oxygen atoms in total. The molecule has 3 aliphatic rings. The van der Waals surface area contributed by atoms with Crippen LogP contribution in [0.25, 0.3) is 21.2 Å². The van der Waals surface area contributed by atoms with Gasteiger partial charge in [-0.3, -0.25) is 0 Å². The number of ether oxygens (including phenoxy) is 1. The minimum absolute atomic E-state index is 0.237. The van der Waals surface area contributed by atoms with Crippen LogP contribution in [-0.4, -0.2) is 35.2 Å². The normalized spacial score (nSPS) is 30.8. The maximum atomic E-state index is 15.7. The van der Waals surface area contributed by atoms with Gasteiger partial charge in [0.2, 0.25) is 0 Å². The van der Waals surface area contributed by atoms with Crippen LogP contribution < -0.4 is 9.75 Å². The maximum absolute atomic E-state index is 15.7. The van der Waals surface area contributed by atoms with Gasteiger partial charge in [-0.2, -0.15) is 26.3 Å². The molecule has 2 aliphatic carbocycles. The van der Waals surface area contributed by atoms with Gasteiger partial charge in [-0.25, -0.2) is 0 Å². The van der Waals surface area contributed by atoms with Crippen LogP contribution in [0.15, 0.2) is 53.4 Å². The van der Waals surface area contributed by atoms with Crippen LogP contribution in [0.2, 0.25) is 0 Å². The average Bonchev–Trinajstić information content (AvgIpc) is 3.28. The molecule has 0 radical (unpaired) electrons. The smallest absolute Gasteiger partial charge is 0.365 e. The molecule has 1 aromatic heterocycles. The second-order valence-corrected chi connectivity index (χ2v) is 10.8. The number of thiophene rings is 1. The summed E-state index contributed by atoms with van der Waals surface area (Å²) < 4.78 is 96.5. The molecular formula is C23H14F6OS2. The third-order valence-corrected chi connectivity index (χ3v) is 9.56. The van der Waals surface area contributed by atoms with E-state index in [0.717, 1.165) is 30.2 Å². The number of hydrogen-bond acceptors (Lipinski definition) is 3. The van der Waals surface area contributed by atoms with Gasteiger partial charge in [0.15, 0.2) is 5.60 Å². The minimum atomic E-state index is -5.64. The van der Waals surface area contributed by atoms with Gasteiger partial charge in [0, 0.05) is 31.8 Å². The number of thioether (sulfide) groups is 1. The van der Waals surface area contributed by atoms with Crippen molar-refractivity contribution in [1.29, 1.82) is 0 Å². The highest BCUT2D eigenvalue weighted by Gasteiger charge is 2.93. The molecule has 0 N–H and O–H groups in total. The first-order chi connectivity index (χ1) is 15.0. The molecule has 0 amide bonds. The van der Waals surface area contributed by atoms with E-state index >= 15 is 17.6 Å². The molecule has 3 aromatic rings. The van der Waals surface area contributed by atoms with E-state index in [1.807, 2.05) is 0 Å². The molecule has 2 atom stereocenters. The number of hydrogen-bond donors (Lipinski definition) is 0. The van der Waals surface area contributed by atoms with E-state index < -0.39 is 33.7 Å². The van der Waals surface area contributed by atoms with Gasteiger partial charge in [0.25, 0.3) is 0 Å². The van der Waals surface area contributed by atoms with Crippen LogP contribution in [0.4, 0.5) is 26.3 Å². The molecule has 6 rings (SSSR count). The Morgan fingerprint density at radius 1 is 0.844 bits per heavy atom. The topological polar surface area (TPSA) is 9.23 Å². The average molecular weight is 484 g/mol. The summed E-state index contributed by atoms with van der Waals surface area (Å²) in [5, 5.41) is -0.0277. The lowest BCUT2D eigenvalue weighted by atomic mass is 9.71. The number of methoxy groups -OCH3 is 1. The maximum Gasteiger partial charge on any atom is 0.379 e. The number of halogens is 6. The highest BCUT2D eigenvalue weighted by atomic mass is 32.2. The first-order valence-corrected chi connectivity index (χ1v) is 11.4. The van der Waals surface area contributed by atoms with Gasteiger partial charge in [-0.1, -0.05) is 36.4 Å². The van der Waals surface area contributed by atoms with Gasteiger partial charge in [0.1, 0.15) is 0 Å². The fraction of sp³-hybridized carbons (Fsp3) is 0.304. The number of alkyl halides is 6. The fourth-order valence-electron chi connectivity index (χ4n) is 5.60. The number of rotatable bonds is 1. The van der Waals surface area contributed by atoms with Crippen molar-refractivity contribution in [3.63, 3.8) is 0 Å². The summed E-state index contributed by atoms with van der Waals surface area (Å²) in [7, 11) is 0.817. The van der Waals surface area contributed by atoms with Crippen LogP contribution in [0, 0.1) is 0 Å². The zero-order valence-electron chi connectivity index (χ0n) is 16.6. The minimum Gasteiger partial charge on any atom is -0.365 e. The quantitative estimate of drug-likeness (QED) is 0.426. The molecule has 0 bridgehead atoms. The Morgan fingerprint density at radius 3 is 2.22 bits per heavy atom. The highest BCUT2D eigenvalue weighted by Crippen LogP contribution is 2.74. The Balaban J connectivity index is 1.99. The molecule has 32 heavy (non-hydrogen) atoms. The zero-order chi connectivity index (χ0) is 22.9. The lowest BCUT2D eigenvalue weighted by Crippen LogP contribution is -2.67. The second kappa shape index (κ2) is 5.74. The molecule has 9 heteroatoms. The van der Waals surface area contributed by atoms with E-state index in [0.29, 0.717) is 25.3 Å². The Labute approximate surface area is 186 Å². The van der Waals surface area contributed by atoms with Crippen LogP contribution in [0.1, 0.15) is 12.5 Å². The van der Waals surface area contributed by atoms with E-state index in [4.69, 9.17) is 4.74 Å². The summed E-state index contributed by atoms with van der Waals surface area (Å²) in [4.78, 5) is 0.556. The summed E-state index contributed by atoms with van der Waals surface area (Å²) in [6.45, 7) is 1.31. The van der Waals surface area contributed by atoms with Crippen molar-refractivity contribution in [1.82, 2.24) is 0 Å². The third-order valence-electron chi connectivity index (χ3n) is 6.89. The lowest BCUT2D eigenvalue weighted by molar-refractivity contribution is -0.300. The van der Waals surface area contributed by atoms with Crippen molar-refractivity contribution >= 4 is 44.3 Å². The molecule has 1 saturated carbocycles. The molecule has 166 valence electrons. The van der Waals surface area contributed by atoms with Crippen molar-refractivity contribution in [2.45, 2.75) is 39.9 Å². The number of benzene rings is 2. The predicted molar refractivity (Wildman–Crippen MR) is 112 cm³/mol. The van der Waals surface area contributed by atoms with Crippen LogP contribution >= 0.6 is 23.1 Å². The van der Waals surface area contributed by atoms with Gasteiger partial charge in [-0.05, 0) is 30.2 Å². The van der Waals surface area contributed by atoms with Gasteiger partial charge >= 0.3 is 17.8 Å². The zero-order valence-corrected chi connectivity index (χ0v) is 18.2. The summed E-state index contributed by atoms with van der Waals surface area (Å²) >= 11 is 2.02. The third kappa shape index (κ3) is 1.82. The largest absolute Gasteiger partial charge is 0.379 e. The van der Waals surface area contributed by atoms with Crippen LogP contribution in [-0.2, 0) is 4.74 Å². The predicted octanol–water partition coefficient (Wildman–Crippen LogP) is 5.43. The van der Waals surface area contributed by atoms with E-state index in [2.05, 4.69) is 0 Å². The van der Waals surface area contributed by atoms with Gasteiger partial charge in [0.05, 0.1) is 10.3 Å². The Bertz CT molecular complexity index is 1460. The van der Waals surface area contributed by atoms with Crippen LogP contribution in [0.3, 0.4) is 0 Å². The SMILES string of the molecule is CO[C@@]12C(=c3c(sc4ccccc34)=C3c4ccccc4S[C@]31C)C(F)(F)C(F)(F)C2(F)F. The molecule has 0 spiro atoms. The molecule has 1 fully saturated rings. The summed E-state index contributed by atoms with van der Waals surface area (Å²) in [5.41, 5.74) is -3.70. The summed E-state index contributed by atoms with van der Waals surface area (Å²) in [6.07, 6.45) is 0. The first-order valence-electron chi connectivity index (χ1n) is 9.72. The monoisotopic (exact) mass is 484 g/mol.